The van der Waals surface area contributed by atoms with Gasteiger partial charge in [0.1, 0.15) is 0 Å². The van der Waals surface area contributed by atoms with Crippen LogP contribution in [0.3, 0.4) is 0 Å². The van der Waals surface area contributed by atoms with E-state index in [0.717, 1.165) is 0 Å². The van der Waals surface area contributed by atoms with Gasteiger partial charge in [0.15, 0.2) is 0 Å². The Bertz CT molecular complexity index is 9890. The Morgan fingerprint density at radius 1 is 0.0952 bits per heavy atom. The van der Waals surface area contributed by atoms with E-state index in [1.807, 2.05) is 0 Å². The molecule has 0 radical (unpaired) electrons. The maximum absolute atomic E-state index is 2.46. The molecule has 0 heterocycles. The molecule has 690 valence electrons. The topological polar surface area (TPSA) is 0 Å². The lowest BCUT2D eigenvalue weighted by Crippen LogP contribution is -2.15. The second-order valence-corrected chi connectivity index (χ2v) is 42.4. The van der Waals surface area contributed by atoms with Crippen molar-refractivity contribution in [2.24, 2.45) is 0 Å². The Labute approximate surface area is 857 Å². The first-order chi connectivity index (χ1) is 72.1. The Hall–Kier alpha value is -17.9. The summed E-state index contributed by atoms with van der Waals surface area (Å²) in [6, 6.07) is 190. The van der Waals surface area contributed by atoms with Crippen LogP contribution in [0.1, 0.15) is 74.9 Å². The van der Waals surface area contributed by atoms with E-state index in [4.69, 9.17) is 0 Å². The zero-order chi connectivity index (χ0) is 98.1. The lowest BCUT2D eigenvalue weighted by Gasteiger charge is -2.23. The first-order valence-corrected chi connectivity index (χ1v) is 51.8. The molecule has 0 heteroatoms. The molecule has 0 nitrogen and oxygen atoms in total. The van der Waals surface area contributed by atoms with Crippen LogP contribution in [0.4, 0.5) is 0 Å². The molecule has 0 bridgehead atoms. The van der Waals surface area contributed by atoms with Crippen LogP contribution >= 0.6 is 0 Å². The van der Waals surface area contributed by atoms with Crippen molar-refractivity contribution in [3.8, 4) is 134 Å². The predicted octanol–water partition coefficient (Wildman–Crippen LogP) is 40.8. The highest BCUT2D eigenvalue weighted by molar-refractivity contribution is 6.21. The summed E-state index contributed by atoms with van der Waals surface area (Å²) in [6.45, 7) is 14.3. The highest BCUT2D eigenvalue weighted by Crippen LogP contribution is 2.57. The van der Waals surface area contributed by atoms with E-state index in [-0.39, 0.29) is 16.2 Å². The molecule has 0 aromatic heterocycles. The van der Waals surface area contributed by atoms with Crippen molar-refractivity contribution < 1.29 is 0 Å². The van der Waals surface area contributed by atoms with E-state index in [1.165, 1.54) is 296 Å². The van der Waals surface area contributed by atoms with Gasteiger partial charge in [-0.3, -0.25) is 0 Å². The van der Waals surface area contributed by atoms with E-state index in [2.05, 4.69) is 551 Å². The fraction of sp³-hybridized carbons (Fsp3) is 0.0612. The largest absolute Gasteiger partial charge is 0.0616 e. The van der Waals surface area contributed by atoms with Crippen molar-refractivity contribution in [1.29, 1.82) is 0 Å². The summed E-state index contributed by atoms with van der Waals surface area (Å²) in [4.78, 5) is 0. The number of benzene rings is 27. The van der Waals surface area contributed by atoms with Gasteiger partial charge in [-0.1, -0.05) is 466 Å². The smallest absolute Gasteiger partial charge is 0.0159 e. The van der Waals surface area contributed by atoms with E-state index in [0.29, 0.717) is 0 Å². The van der Waals surface area contributed by atoms with Gasteiger partial charge in [-0.05, 0) is 381 Å². The van der Waals surface area contributed by atoms with Crippen molar-refractivity contribution in [2.45, 2.75) is 57.8 Å². The first kappa shape index (κ1) is 86.9. The minimum atomic E-state index is -0.118. The van der Waals surface area contributed by atoms with Gasteiger partial charge >= 0.3 is 0 Å². The van der Waals surface area contributed by atoms with Crippen LogP contribution in [-0.4, -0.2) is 0 Å². The Kier molecular flexibility index (Phi) is 20.2. The Balaban J connectivity index is 0.000000107. The van der Waals surface area contributed by atoms with Crippen molar-refractivity contribution in [2.75, 3.05) is 0 Å². The minimum absolute atomic E-state index is 0.102. The Morgan fingerprint density at radius 2 is 0.279 bits per heavy atom. The molecule has 0 N–H and O–H groups in total. The lowest BCUT2D eigenvalue weighted by molar-refractivity contribution is 0.660. The second kappa shape index (κ2) is 34.1. The van der Waals surface area contributed by atoms with Gasteiger partial charge in [-0.2, -0.15) is 0 Å². The molecular formula is C147H102. The van der Waals surface area contributed by atoms with Gasteiger partial charge in [0.2, 0.25) is 0 Å². The third kappa shape index (κ3) is 14.4. The summed E-state index contributed by atoms with van der Waals surface area (Å²) in [5, 5.41) is 30.8. The maximum Gasteiger partial charge on any atom is 0.0159 e. The van der Waals surface area contributed by atoms with Crippen LogP contribution < -0.4 is 0 Å². The van der Waals surface area contributed by atoms with Crippen molar-refractivity contribution in [3.63, 3.8) is 0 Å². The highest BCUT2D eigenvalue weighted by atomic mass is 14.4. The molecule has 0 amide bonds. The van der Waals surface area contributed by atoms with E-state index in [9.17, 15) is 0 Å². The number of hydrogen-bond donors (Lipinski definition) is 0. The zero-order valence-corrected chi connectivity index (χ0v) is 83.0. The molecule has 0 unspecified atom stereocenters. The summed E-state index contributed by atoms with van der Waals surface area (Å²) >= 11 is 0. The van der Waals surface area contributed by atoms with Crippen LogP contribution in [0.25, 0.3) is 263 Å². The standard InChI is InChI=1S/3C49H34/c1-49(2)47-29-34(33-20-19-31-11-3-4-12-32(31)27-33)21-23-44(47)45-24-22-36(30-48(45)49)38-25-26-43(41-17-9-7-16-40(38)41)46-28-35-13-5-6-14-37(35)39-15-8-10-18-42(39)46;1-49(2)47-29-34(33-22-21-31-11-3-4-12-32(31)27-33)23-25-44(47)45-26-24-36(30-48(45)49)38-17-9-19-41-40(38)18-10-20-43(41)46-28-35-13-5-6-14-37(35)39-15-7-8-16-42(39)46;1-49(2)47-29-36(34-18-15-31-9-3-4-10-33(31)25-34)21-23-44(47)45-24-22-37(30-48(45)49)35-19-16-32-17-20-39(27-40(32)26-35)46-28-38-11-5-6-12-41(38)42-13-7-8-14-43(42)46/h3*3-30H,1-2H3. The van der Waals surface area contributed by atoms with Crippen LogP contribution in [0.5, 0.6) is 0 Å². The van der Waals surface area contributed by atoms with Crippen LogP contribution in [0.15, 0.2) is 510 Å². The first-order valence-electron chi connectivity index (χ1n) is 51.8. The average molecular weight is 1870 g/mol. The Morgan fingerprint density at radius 3 is 0.626 bits per heavy atom. The van der Waals surface area contributed by atoms with Crippen LogP contribution in [0.2, 0.25) is 0 Å². The van der Waals surface area contributed by atoms with Crippen LogP contribution in [-0.2, 0) is 16.2 Å². The maximum atomic E-state index is 2.46. The van der Waals surface area contributed by atoms with Crippen molar-refractivity contribution in [3.05, 3.63) is 543 Å². The molecule has 30 rings (SSSR count). The third-order valence-electron chi connectivity index (χ3n) is 33.1. The van der Waals surface area contributed by atoms with E-state index < -0.39 is 0 Å². The summed E-state index contributed by atoms with van der Waals surface area (Å²) in [5.74, 6) is 0. The summed E-state index contributed by atoms with van der Waals surface area (Å²) < 4.78 is 0. The van der Waals surface area contributed by atoms with Gasteiger partial charge < -0.3 is 0 Å². The number of hydrogen-bond acceptors (Lipinski definition) is 0. The van der Waals surface area contributed by atoms with E-state index in [1.54, 1.807) is 0 Å². The predicted molar refractivity (Wildman–Crippen MR) is 631 cm³/mol. The summed E-state index contributed by atoms with van der Waals surface area (Å²) in [7, 11) is 0. The SMILES string of the molecule is CC1(C)c2cc(-c3ccc4ccccc4c3)ccc2-c2ccc(-c3ccc(-c4cc5ccccc5c5ccccc45)c4ccccc34)cc21.CC1(C)c2cc(-c3ccc4ccccc4c3)ccc2-c2ccc(-c3ccc4ccc(-c5cc6ccccc6c6ccccc56)cc4c3)cc21.CC1(C)c2cc(-c3ccc4ccccc4c3)ccc2-c2ccc(-c3cccc4c(-c5cc6ccccc6c6ccccc56)cccc34)cc21. The number of rotatable bonds is 9. The molecule has 0 saturated heterocycles. The fourth-order valence-corrected chi connectivity index (χ4v) is 25.4. The highest BCUT2D eigenvalue weighted by Gasteiger charge is 2.40. The molecule has 3 aliphatic carbocycles. The van der Waals surface area contributed by atoms with Crippen molar-refractivity contribution >= 4 is 129 Å². The van der Waals surface area contributed by atoms with Crippen molar-refractivity contribution in [1.82, 2.24) is 0 Å². The third-order valence-corrected chi connectivity index (χ3v) is 33.1. The zero-order valence-electron chi connectivity index (χ0n) is 83.0. The fourth-order valence-electron chi connectivity index (χ4n) is 25.4. The average Bonchev–Trinajstić information content (AvgIpc) is 1.60. The molecule has 27 aromatic rings. The molecule has 0 spiro atoms. The summed E-state index contributed by atoms with van der Waals surface area (Å²) in [5.41, 5.74) is 39.0. The minimum Gasteiger partial charge on any atom is -0.0616 e. The van der Waals surface area contributed by atoms with Gasteiger partial charge in [0.25, 0.3) is 0 Å². The normalized spacial score (nSPS) is 13.3. The monoisotopic (exact) mass is 1870 g/mol. The molecule has 0 saturated carbocycles. The number of fused-ring (bicyclic) bond motifs is 24. The summed E-state index contributed by atoms with van der Waals surface area (Å²) in [6.07, 6.45) is 0. The molecular weight excluding hydrogens is 1770 g/mol. The quantitative estimate of drug-likeness (QED) is 0.126. The molecule has 0 atom stereocenters. The molecule has 27 aromatic carbocycles. The molecule has 3 aliphatic rings. The van der Waals surface area contributed by atoms with E-state index >= 15 is 0 Å². The van der Waals surface area contributed by atoms with Crippen LogP contribution in [0, 0.1) is 0 Å². The second-order valence-electron chi connectivity index (χ2n) is 42.4. The van der Waals surface area contributed by atoms with Gasteiger partial charge in [-0.25, -0.2) is 0 Å². The van der Waals surface area contributed by atoms with Gasteiger partial charge in [0.05, 0.1) is 0 Å². The molecule has 0 fully saturated rings. The van der Waals surface area contributed by atoms with Gasteiger partial charge in [0, 0.05) is 16.2 Å². The molecule has 0 aliphatic heterocycles. The lowest BCUT2D eigenvalue weighted by atomic mass is 9.80. The van der Waals surface area contributed by atoms with Gasteiger partial charge in [-0.15, -0.1) is 0 Å². The molecule has 147 heavy (non-hydrogen) atoms.